The Kier molecular flexibility index (Phi) is 5.11. The molecule has 0 amide bonds. The summed E-state index contributed by atoms with van der Waals surface area (Å²) < 4.78 is 7.35. The van der Waals surface area contributed by atoms with Gasteiger partial charge in [-0.2, -0.15) is 5.10 Å². The second kappa shape index (κ2) is 6.12. The van der Waals surface area contributed by atoms with E-state index in [1.807, 2.05) is 6.92 Å². The number of ether oxygens (including phenoxy) is 1. The van der Waals surface area contributed by atoms with Crippen LogP contribution in [0.3, 0.4) is 0 Å². The molecule has 1 heterocycles. The highest BCUT2D eigenvalue weighted by molar-refractivity contribution is 9.10. The van der Waals surface area contributed by atoms with Crippen LogP contribution in [0, 0.1) is 0 Å². The van der Waals surface area contributed by atoms with Crippen molar-refractivity contribution in [2.24, 2.45) is 0 Å². The first-order chi connectivity index (χ1) is 7.61. The Hall–Kier alpha value is -0.720. The van der Waals surface area contributed by atoms with Gasteiger partial charge in [0.05, 0.1) is 29.9 Å². The lowest BCUT2D eigenvalue weighted by Crippen LogP contribution is -2.32. The van der Waals surface area contributed by atoms with E-state index in [-0.39, 0.29) is 11.8 Å². The topological polar surface area (TPSA) is 56.2 Å². The van der Waals surface area contributed by atoms with E-state index in [9.17, 15) is 4.79 Å². The molecule has 0 saturated carbocycles. The molecule has 0 aliphatic heterocycles. The number of nitrogens with one attached hydrogen (secondary N) is 1. The summed E-state index contributed by atoms with van der Waals surface area (Å²) >= 11 is 3.33. The lowest BCUT2D eigenvalue weighted by Gasteiger charge is -2.11. The third-order valence-corrected chi connectivity index (χ3v) is 2.94. The number of methoxy groups -OCH3 is 1. The number of carbonyl (C=O) groups is 1. The molecule has 90 valence electrons. The predicted octanol–water partition coefficient (Wildman–Crippen LogP) is 1.08. The van der Waals surface area contributed by atoms with Gasteiger partial charge in [-0.15, -0.1) is 0 Å². The van der Waals surface area contributed by atoms with Crippen LogP contribution in [-0.4, -0.2) is 42.4 Å². The fraction of sp³-hybridized carbons (Fsp3) is 0.600. The van der Waals surface area contributed by atoms with E-state index in [4.69, 9.17) is 4.74 Å². The molecule has 0 fully saturated rings. The molecule has 0 saturated heterocycles. The summed E-state index contributed by atoms with van der Waals surface area (Å²) in [7, 11) is 3.38. The maximum absolute atomic E-state index is 12.0. The molecule has 5 nitrogen and oxygen atoms in total. The summed E-state index contributed by atoms with van der Waals surface area (Å²) in [4.78, 5) is 12.0. The Balaban J connectivity index is 2.92. The first-order valence-electron chi connectivity index (χ1n) is 5.03. The van der Waals surface area contributed by atoms with Gasteiger partial charge in [0.1, 0.15) is 5.69 Å². The molecule has 1 N–H and O–H groups in total. The lowest BCUT2D eigenvalue weighted by atomic mass is 10.1. The Morgan fingerprint density at radius 3 is 3.00 bits per heavy atom. The van der Waals surface area contributed by atoms with Gasteiger partial charge in [-0.05, 0) is 29.9 Å². The number of hydrogen-bond acceptors (Lipinski definition) is 4. The van der Waals surface area contributed by atoms with Gasteiger partial charge in [-0.1, -0.05) is 0 Å². The molecule has 0 aromatic carbocycles. The van der Waals surface area contributed by atoms with Gasteiger partial charge in [0.25, 0.3) is 0 Å². The molecular formula is C10H16BrN3O2. The molecule has 6 heteroatoms. The Bertz CT molecular complexity index is 365. The maximum Gasteiger partial charge on any atom is 0.198 e. The minimum Gasteiger partial charge on any atom is -0.383 e. The van der Waals surface area contributed by atoms with Gasteiger partial charge < -0.3 is 10.1 Å². The van der Waals surface area contributed by atoms with Crippen molar-refractivity contribution in [2.75, 3.05) is 20.8 Å². The first kappa shape index (κ1) is 13.3. The van der Waals surface area contributed by atoms with E-state index in [0.29, 0.717) is 18.8 Å². The van der Waals surface area contributed by atoms with Crippen LogP contribution in [0.15, 0.2) is 10.7 Å². The summed E-state index contributed by atoms with van der Waals surface area (Å²) in [5, 5.41) is 7.05. The number of likely N-dealkylation sites (N-methyl/N-ethyl adjacent to an activating group) is 1. The largest absolute Gasteiger partial charge is 0.383 e. The van der Waals surface area contributed by atoms with Crippen LogP contribution < -0.4 is 5.32 Å². The quantitative estimate of drug-likeness (QED) is 0.797. The van der Waals surface area contributed by atoms with E-state index in [2.05, 4.69) is 26.3 Å². The molecule has 0 aliphatic rings. The van der Waals surface area contributed by atoms with Crippen molar-refractivity contribution in [3.63, 3.8) is 0 Å². The number of carbonyl (C=O) groups excluding carboxylic acids is 1. The van der Waals surface area contributed by atoms with Crippen molar-refractivity contribution < 1.29 is 9.53 Å². The van der Waals surface area contributed by atoms with Gasteiger partial charge in [-0.3, -0.25) is 9.48 Å². The number of aromatic nitrogens is 2. The first-order valence-corrected chi connectivity index (χ1v) is 5.82. The summed E-state index contributed by atoms with van der Waals surface area (Å²) in [6.07, 6.45) is 1.63. The summed E-state index contributed by atoms with van der Waals surface area (Å²) in [5.74, 6) is 0.0166. The van der Waals surface area contributed by atoms with Gasteiger partial charge in [0, 0.05) is 7.11 Å². The van der Waals surface area contributed by atoms with E-state index in [1.165, 1.54) is 0 Å². The average molecular weight is 290 g/mol. The van der Waals surface area contributed by atoms with E-state index >= 15 is 0 Å². The standard InChI is InChI=1S/C10H16BrN3O2/c1-7(12-2)10(15)9-8(11)6-13-14(9)4-5-16-3/h6-7,12H,4-5H2,1-3H3. The van der Waals surface area contributed by atoms with Crippen molar-refractivity contribution >= 4 is 21.7 Å². The highest BCUT2D eigenvalue weighted by Gasteiger charge is 2.21. The molecule has 1 aromatic heterocycles. The number of rotatable bonds is 6. The number of nitrogens with zero attached hydrogens (tertiary/aromatic N) is 2. The van der Waals surface area contributed by atoms with Crippen LogP contribution in [0.1, 0.15) is 17.4 Å². The van der Waals surface area contributed by atoms with Gasteiger partial charge >= 0.3 is 0 Å². The Labute approximate surface area is 103 Å². The van der Waals surface area contributed by atoms with E-state index < -0.39 is 0 Å². The van der Waals surface area contributed by atoms with Crippen LogP contribution in [0.5, 0.6) is 0 Å². The lowest BCUT2D eigenvalue weighted by molar-refractivity contribution is 0.0940. The molecule has 16 heavy (non-hydrogen) atoms. The van der Waals surface area contributed by atoms with Gasteiger partial charge in [0.2, 0.25) is 0 Å². The van der Waals surface area contributed by atoms with Crippen molar-refractivity contribution in [1.82, 2.24) is 15.1 Å². The molecule has 1 atom stereocenters. The smallest absolute Gasteiger partial charge is 0.198 e. The second-order valence-corrected chi connectivity index (χ2v) is 4.29. The van der Waals surface area contributed by atoms with E-state index in [1.54, 1.807) is 25.0 Å². The minimum atomic E-state index is -0.228. The maximum atomic E-state index is 12.0. The third kappa shape index (κ3) is 2.90. The van der Waals surface area contributed by atoms with Crippen LogP contribution >= 0.6 is 15.9 Å². The zero-order valence-electron chi connectivity index (χ0n) is 9.66. The number of ketones is 1. The zero-order chi connectivity index (χ0) is 12.1. The fourth-order valence-corrected chi connectivity index (χ4v) is 1.78. The number of halogens is 1. The molecular weight excluding hydrogens is 274 g/mol. The van der Waals surface area contributed by atoms with Crippen LogP contribution in [-0.2, 0) is 11.3 Å². The minimum absolute atomic E-state index is 0.0166. The molecule has 0 spiro atoms. The van der Waals surface area contributed by atoms with Crippen LogP contribution in [0.2, 0.25) is 0 Å². The Morgan fingerprint density at radius 1 is 1.75 bits per heavy atom. The van der Waals surface area contributed by atoms with Crippen molar-refractivity contribution in [1.29, 1.82) is 0 Å². The van der Waals surface area contributed by atoms with Crippen molar-refractivity contribution in [3.05, 3.63) is 16.4 Å². The fourth-order valence-electron chi connectivity index (χ4n) is 1.29. The molecule has 0 bridgehead atoms. The molecule has 0 aliphatic carbocycles. The average Bonchev–Trinajstić information content (AvgIpc) is 2.65. The van der Waals surface area contributed by atoms with E-state index in [0.717, 1.165) is 4.47 Å². The molecule has 0 radical (unpaired) electrons. The summed E-state index contributed by atoms with van der Waals surface area (Å²) in [6, 6.07) is -0.228. The van der Waals surface area contributed by atoms with Crippen molar-refractivity contribution in [2.45, 2.75) is 19.5 Å². The molecule has 1 rings (SSSR count). The highest BCUT2D eigenvalue weighted by atomic mass is 79.9. The SMILES string of the molecule is CNC(C)C(=O)c1c(Br)cnn1CCOC. The number of Topliss-reactive ketones (excluding diaryl/α,β-unsaturated/α-hetero) is 1. The van der Waals surface area contributed by atoms with Gasteiger partial charge in [0.15, 0.2) is 5.78 Å². The molecule has 1 aromatic rings. The summed E-state index contributed by atoms with van der Waals surface area (Å²) in [5.41, 5.74) is 0.582. The zero-order valence-corrected chi connectivity index (χ0v) is 11.2. The third-order valence-electron chi connectivity index (χ3n) is 2.36. The van der Waals surface area contributed by atoms with Gasteiger partial charge in [-0.25, -0.2) is 0 Å². The van der Waals surface area contributed by atoms with Crippen LogP contribution in [0.25, 0.3) is 0 Å². The summed E-state index contributed by atoms with van der Waals surface area (Å²) in [6.45, 7) is 2.92. The highest BCUT2D eigenvalue weighted by Crippen LogP contribution is 2.17. The van der Waals surface area contributed by atoms with Crippen LogP contribution in [0.4, 0.5) is 0 Å². The van der Waals surface area contributed by atoms with Crippen molar-refractivity contribution in [3.8, 4) is 0 Å². The molecule has 1 unspecified atom stereocenters. The number of hydrogen-bond donors (Lipinski definition) is 1. The second-order valence-electron chi connectivity index (χ2n) is 3.43. The predicted molar refractivity (Wildman–Crippen MR) is 64.7 cm³/mol. The Morgan fingerprint density at radius 2 is 2.44 bits per heavy atom. The normalized spacial score (nSPS) is 12.8. The monoisotopic (exact) mass is 289 g/mol.